The maximum Gasteiger partial charge on any atom is 0.262 e. The SMILES string of the molecule is Cc1ccc(NC(=O)COc2ccccc2/C=N\O)cc1. The van der Waals surface area contributed by atoms with Crippen molar-refractivity contribution in [1.29, 1.82) is 0 Å². The van der Waals surface area contributed by atoms with Crippen molar-refractivity contribution in [1.82, 2.24) is 0 Å². The topological polar surface area (TPSA) is 70.9 Å². The highest BCUT2D eigenvalue weighted by Crippen LogP contribution is 2.16. The van der Waals surface area contributed by atoms with Crippen molar-refractivity contribution in [3.63, 3.8) is 0 Å². The van der Waals surface area contributed by atoms with Gasteiger partial charge in [-0.3, -0.25) is 4.79 Å². The van der Waals surface area contributed by atoms with Gasteiger partial charge in [0.1, 0.15) is 5.75 Å². The minimum Gasteiger partial charge on any atom is -0.483 e. The number of anilines is 1. The summed E-state index contributed by atoms with van der Waals surface area (Å²) in [6.45, 7) is 1.86. The predicted molar refractivity (Wildman–Crippen MR) is 81.1 cm³/mol. The number of ether oxygens (including phenoxy) is 1. The summed E-state index contributed by atoms with van der Waals surface area (Å²) in [4.78, 5) is 11.8. The first-order chi connectivity index (χ1) is 10.2. The third-order valence-corrected chi connectivity index (χ3v) is 2.81. The molecule has 0 bridgehead atoms. The van der Waals surface area contributed by atoms with Gasteiger partial charge in [0.25, 0.3) is 5.91 Å². The zero-order valence-electron chi connectivity index (χ0n) is 11.6. The van der Waals surface area contributed by atoms with Gasteiger partial charge >= 0.3 is 0 Å². The first kappa shape index (κ1) is 14.6. The number of oxime groups is 1. The molecule has 2 N–H and O–H groups in total. The van der Waals surface area contributed by atoms with Crippen molar-refractivity contribution in [2.24, 2.45) is 5.16 Å². The molecule has 0 aliphatic rings. The van der Waals surface area contributed by atoms with Gasteiger partial charge in [-0.05, 0) is 31.2 Å². The predicted octanol–water partition coefficient (Wildman–Crippen LogP) is 2.82. The summed E-state index contributed by atoms with van der Waals surface area (Å²) in [5.41, 5.74) is 2.45. The van der Waals surface area contributed by atoms with Crippen LogP contribution in [0.2, 0.25) is 0 Å². The Morgan fingerprint density at radius 3 is 2.67 bits per heavy atom. The molecule has 0 heterocycles. The van der Waals surface area contributed by atoms with E-state index in [4.69, 9.17) is 9.94 Å². The first-order valence-corrected chi connectivity index (χ1v) is 6.45. The second-order valence-electron chi connectivity index (χ2n) is 4.49. The van der Waals surface area contributed by atoms with Crippen molar-refractivity contribution >= 4 is 17.8 Å². The molecular formula is C16H16N2O3. The average Bonchev–Trinajstić information content (AvgIpc) is 2.49. The highest BCUT2D eigenvalue weighted by atomic mass is 16.5. The quantitative estimate of drug-likeness (QED) is 0.504. The molecule has 0 radical (unpaired) electrons. The second-order valence-corrected chi connectivity index (χ2v) is 4.49. The zero-order valence-corrected chi connectivity index (χ0v) is 11.6. The third kappa shape index (κ3) is 4.35. The van der Waals surface area contributed by atoms with E-state index in [0.29, 0.717) is 11.3 Å². The van der Waals surface area contributed by atoms with E-state index in [9.17, 15) is 4.79 Å². The van der Waals surface area contributed by atoms with Crippen LogP contribution < -0.4 is 10.1 Å². The lowest BCUT2D eigenvalue weighted by Crippen LogP contribution is -2.20. The van der Waals surface area contributed by atoms with Gasteiger partial charge in [0.15, 0.2) is 6.61 Å². The fourth-order valence-electron chi connectivity index (χ4n) is 1.76. The normalized spacial score (nSPS) is 10.5. The molecule has 108 valence electrons. The molecule has 0 saturated carbocycles. The van der Waals surface area contributed by atoms with E-state index in [-0.39, 0.29) is 12.5 Å². The third-order valence-electron chi connectivity index (χ3n) is 2.81. The number of benzene rings is 2. The van der Waals surface area contributed by atoms with Crippen LogP contribution in [0.1, 0.15) is 11.1 Å². The minimum absolute atomic E-state index is 0.121. The maximum atomic E-state index is 11.8. The minimum atomic E-state index is -0.255. The Morgan fingerprint density at radius 2 is 1.95 bits per heavy atom. The standard InChI is InChI=1S/C16H16N2O3/c1-12-6-8-14(9-7-12)18-16(19)11-21-15-5-3-2-4-13(15)10-17-20/h2-10,20H,11H2,1H3,(H,18,19)/b17-10-. The molecule has 0 aliphatic carbocycles. The van der Waals surface area contributed by atoms with Crippen LogP contribution in [0, 0.1) is 6.92 Å². The second kappa shape index (κ2) is 7.09. The summed E-state index contributed by atoms with van der Waals surface area (Å²) in [7, 11) is 0. The van der Waals surface area contributed by atoms with E-state index in [1.165, 1.54) is 6.21 Å². The molecule has 0 unspecified atom stereocenters. The number of aryl methyl sites for hydroxylation is 1. The number of carbonyl (C=O) groups excluding carboxylic acids is 1. The lowest BCUT2D eigenvalue weighted by Gasteiger charge is -2.09. The number of carbonyl (C=O) groups is 1. The van der Waals surface area contributed by atoms with E-state index in [2.05, 4.69) is 10.5 Å². The van der Waals surface area contributed by atoms with Crippen LogP contribution in [-0.2, 0) is 4.79 Å². The smallest absolute Gasteiger partial charge is 0.262 e. The highest BCUT2D eigenvalue weighted by Gasteiger charge is 2.06. The number of nitrogens with zero attached hydrogens (tertiary/aromatic N) is 1. The lowest BCUT2D eigenvalue weighted by atomic mass is 10.2. The Bertz CT molecular complexity index is 636. The summed E-state index contributed by atoms with van der Waals surface area (Å²) in [6, 6.07) is 14.5. The van der Waals surface area contributed by atoms with Crippen LogP contribution in [-0.4, -0.2) is 23.9 Å². The van der Waals surface area contributed by atoms with E-state index in [1.807, 2.05) is 31.2 Å². The van der Waals surface area contributed by atoms with E-state index in [1.54, 1.807) is 24.3 Å². The summed E-state index contributed by atoms with van der Waals surface area (Å²) < 4.78 is 5.43. The van der Waals surface area contributed by atoms with Crippen LogP contribution in [0.5, 0.6) is 5.75 Å². The number of rotatable bonds is 5. The molecule has 21 heavy (non-hydrogen) atoms. The van der Waals surface area contributed by atoms with Crippen LogP contribution >= 0.6 is 0 Å². The molecule has 2 aromatic carbocycles. The molecular weight excluding hydrogens is 268 g/mol. The Balaban J connectivity index is 1.93. The Kier molecular flexibility index (Phi) is 4.93. The van der Waals surface area contributed by atoms with Crippen LogP contribution in [0.25, 0.3) is 0 Å². The maximum absolute atomic E-state index is 11.8. The van der Waals surface area contributed by atoms with Gasteiger partial charge in [-0.2, -0.15) is 0 Å². The summed E-state index contributed by atoms with van der Waals surface area (Å²) >= 11 is 0. The molecule has 5 heteroatoms. The van der Waals surface area contributed by atoms with Gasteiger partial charge in [-0.15, -0.1) is 0 Å². The van der Waals surface area contributed by atoms with Gasteiger partial charge in [0.2, 0.25) is 0 Å². The molecule has 2 rings (SSSR count). The Morgan fingerprint density at radius 1 is 1.24 bits per heavy atom. The number of hydrogen-bond acceptors (Lipinski definition) is 4. The van der Waals surface area contributed by atoms with Crippen molar-refractivity contribution in [2.45, 2.75) is 6.92 Å². The summed E-state index contributed by atoms with van der Waals surface area (Å²) in [5, 5.41) is 14.3. The molecule has 0 aromatic heterocycles. The molecule has 0 aliphatic heterocycles. The fraction of sp³-hybridized carbons (Fsp3) is 0.125. The number of amides is 1. The summed E-state index contributed by atoms with van der Waals surface area (Å²) in [6.07, 6.45) is 1.26. The van der Waals surface area contributed by atoms with Crippen molar-refractivity contribution in [3.05, 3.63) is 59.7 Å². The van der Waals surface area contributed by atoms with E-state index >= 15 is 0 Å². The lowest BCUT2D eigenvalue weighted by molar-refractivity contribution is -0.118. The van der Waals surface area contributed by atoms with Gasteiger partial charge in [0.05, 0.1) is 6.21 Å². The molecule has 2 aromatic rings. The van der Waals surface area contributed by atoms with E-state index in [0.717, 1.165) is 11.3 Å². The zero-order chi connectivity index (χ0) is 15.1. The largest absolute Gasteiger partial charge is 0.483 e. The van der Waals surface area contributed by atoms with Crippen molar-refractivity contribution in [2.75, 3.05) is 11.9 Å². The van der Waals surface area contributed by atoms with E-state index < -0.39 is 0 Å². The molecule has 5 nitrogen and oxygen atoms in total. The fourth-order valence-corrected chi connectivity index (χ4v) is 1.76. The monoisotopic (exact) mass is 284 g/mol. The first-order valence-electron chi connectivity index (χ1n) is 6.45. The Labute approximate surface area is 122 Å². The summed E-state index contributed by atoms with van der Waals surface area (Å²) in [5.74, 6) is 0.226. The van der Waals surface area contributed by atoms with Gasteiger partial charge in [-0.25, -0.2) is 0 Å². The molecule has 0 spiro atoms. The van der Waals surface area contributed by atoms with Gasteiger partial charge < -0.3 is 15.3 Å². The average molecular weight is 284 g/mol. The number of nitrogens with one attached hydrogen (secondary N) is 1. The van der Waals surface area contributed by atoms with Crippen molar-refractivity contribution in [3.8, 4) is 5.75 Å². The molecule has 0 fully saturated rings. The van der Waals surface area contributed by atoms with Crippen LogP contribution in [0.3, 0.4) is 0 Å². The Hall–Kier alpha value is -2.82. The van der Waals surface area contributed by atoms with Crippen molar-refractivity contribution < 1.29 is 14.7 Å². The highest BCUT2D eigenvalue weighted by molar-refractivity contribution is 5.92. The van der Waals surface area contributed by atoms with Gasteiger partial charge in [0, 0.05) is 11.3 Å². The number of para-hydroxylation sites is 1. The van der Waals surface area contributed by atoms with Gasteiger partial charge in [-0.1, -0.05) is 35.0 Å². The number of hydrogen-bond donors (Lipinski definition) is 2. The molecule has 1 amide bonds. The van der Waals surface area contributed by atoms with Crippen LogP contribution in [0.4, 0.5) is 5.69 Å². The molecule has 0 atom stereocenters. The van der Waals surface area contributed by atoms with Crippen LogP contribution in [0.15, 0.2) is 53.7 Å². The molecule has 0 saturated heterocycles.